The lowest BCUT2D eigenvalue weighted by atomic mass is 9.89. The second kappa shape index (κ2) is 10.8. The fourth-order valence-electron chi connectivity index (χ4n) is 4.71. The van der Waals surface area contributed by atoms with Crippen molar-refractivity contribution < 1.29 is 9.47 Å². The number of para-hydroxylation sites is 1. The van der Waals surface area contributed by atoms with Gasteiger partial charge in [-0.1, -0.05) is 74.9 Å². The molecule has 3 atom stereocenters. The first-order valence-corrected chi connectivity index (χ1v) is 12.0. The molecule has 0 bridgehead atoms. The molecule has 3 aliphatic heterocycles. The maximum Gasteiger partial charge on any atom is 0.126 e. The van der Waals surface area contributed by atoms with E-state index in [-0.39, 0.29) is 18.3 Å². The van der Waals surface area contributed by atoms with Crippen molar-refractivity contribution in [2.24, 2.45) is 5.73 Å². The molecule has 3 heterocycles. The number of hydrogen-bond acceptors (Lipinski definition) is 5. The minimum Gasteiger partial charge on any atom is -0.488 e. The Hall–Kier alpha value is -3.54. The lowest BCUT2D eigenvalue weighted by Gasteiger charge is -2.46. The van der Waals surface area contributed by atoms with Crippen LogP contribution in [0.4, 0.5) is 5.69 Å². The van der Waals surface area contributed by atoms with Gasteiger partial charge in [-0.3, -0.25) is 0 Å². The topological polar surface area (TPSA) is 59.8 Å². The van der Waals surface area contributed by atoms with Crippen molar-refractivity contribution in [3.63, 3.8) is 0 Å². The highest BCUT2D eigenvalue weighted by atomic mass is 16.5. The summed E-state index contributed by atoms with van der Waals surface area (Å²) in [5.74, 6) is 0.756. The number of ether oxygens (including phenoxy) is 2. The number of nitrogens with zero attached hydrogens (tertiary/aromatic N) is 1. The third-order valence-electron chi connectivity index (χ3n) is 6.59. The molecule has 1 aromatic rings. The molecule has 1 aromatic carbocycles. The zero-order chi connectivity index (χ0) is 24.9. The van der Waals surface area contributed by atoms with Gasteiger partial charge in [0.25, 0.3) is 0 Å². The van der Waals surface area contributed by atoms with Crippen LogP contribution in [0.2, 0.25) is 0 Å². The first-order chi connectivity index (χ1) is 17.0. The Labute approximate surface area is 209 Å². The molecule has 0 spiro atoms. The summed E-state index contributed by atoms with van der Waals surface area (Å²) in [6, 6.07) is 6.34. The molecule has 35 heavy (non-hydrogen) atoms. The quantitative estimate of drug-likeness (QED) is 0.471. The predicted octanol–water partition coefficient (Wildman–Crippen LogP) is 5.45. The van der Waals surface area contributed by atoms with E-state index in [1.54, 1.807) is 18.2 Å². The summed E-state index contributed by atoms with van der Waals surface area (Å²) < 4.78 is 12.1. The summed E-state index contributed by atoms with van der Waals surface area (Å²) in [5.41, 5.74) is 13.9. The number of benzene rings is 1. The zero-order valence-corrected chi connectivity index (χ0v) is 20.5. The number of hydrogen-bond donors (Lipinski definition) is 2. The van der Waals surface area contributed by atoms with Crippen LogP contribution in [0, 0.1) is 0 Å². The van der Waals surface area contributed by atoms with Gasteiger partial charge < -0.3 is 25.4 Å². The van der Waals surface area contributed by atoms with E-state index in [1.165, 1.54) is 11.3 Å². The molecule has 5 nitrogen and oxygen atoms in total. The van der Waals surface area contributed by atoms with Gasteiger partial charge in [0.05, 0.1) is 18.4 Å². The fraction of sp³-hybridized carbons (Fsp3) is 0.267. The van der Waals surface area contributed by atoms with E-state index in [0.717, 1.165) is 46.7 Å². The van der Waals surface area contributed by atoms with Crippen molar-refractivity contribution in [1.82, 2.24) is 5.32 Å². The second-order valence-electron chi connectivity index (χ2n) is 8.95. The van der Waals surface area contributed by atoms with E-state index in [4.69, 9.17) is 15.2 Å². The van der Waals surface area contributed by atoms with E-state index in [1.807, 2.05) is 25.2 Å². The molecule has 0 radical (unpaired) electrons. The van der Waals surface area contributed by atoms with Gasteiger partial charge in [0.2, 0.25) is 0 Å². The lowest BCUT2D eigenvalue weighted by molar-refractivity contribution is 0.119. The third-order valence-corrected chi connectivity index (χ3v) is 6.59. The van der Waals surface area contributed by atoms with E-state index in [9.17, 15) is 0 Å². The molecule has 4 rings (SSSR count). The minimum absolute atomic E-state index is 0.0412. The molecule has 3 unspecified atom stereocenters. The normalized spacial score (nSPS) is 22.7. The summed E-state index contributed by atoms with van der Waals surface area (Å²) in [6.45, 7) is 19.6. The Morgan fingerprint density at radius 2 is 2.17 bits per heavy atom. The highest BCUT2D eigenvalue weighted by Crippen LogP contribution is 2.42. The molecule has 3 aliphatic rings. The number of anilines is 1. The van der Waals surface area contributed by atoms with Crippen LogP contribution in [0.3, 0.4) is 0 Å². The molecular formula is C30H35N3O2. The summed E-state index contributed by atoms with van der Waals surface area (Å²) in [7, 11) is 0. The zero-order valence-electron chi connectivity index (χ0n) is 20.5. The molecule has 0 aliphatic carbocycles. The number of allylic oxidation sites excluding steroid dienone is 6. The van der Waals surface area contributed by atoms with Crippen molar-refractivity contribution in [3.8, 4) is 0 Å². The van der Waals surface area contributed by atoms with Crippen LogP contribution in [0.15, 0.2) is 110 Å². The van der Waals surface area contributed by atoms with Gasteiger partial charge in [-0.2, -0.15) is 0 Å². The predicted molar refractivity (Wildman–Crippen MR) is 146 cm³/mol. The smallest absolute Gasteiger partial charge is 0.126 e. The van der Waals surface area contributed by atoms with E-state index < -0.39 is 0 Å². The van der Waals surface area contributed by atoms with Gasteiger partial charge in [-0.15, -0.1) is 0 Å². The van der Waals surface area contributed by atoms with Crippen LogP contribution in [0.1, 0.15) is 30.5 Å². The van der Waals surface area contributed by atoms with Gasteiger partial charge in [-0.05, 0) is 36.6 Å². The monoisotopic (exact) mass is 469 g/mol. The van der Waals surface area contributed by atoms with E-state index >= 15 is 0 Å². The van der Waals surface area contributed by atoms with E-state index in [0.29, 0.717) is 13.2 Å². The summed E-state index contributed by atoms with van der Waals surface area (Å²) in [6.07, 6.45) is 14.2. The van der Waals surface area contributed by atoms with Crippen LogP contribution in [0.5, 0.6) is 0 Å². The maximum atomic E-state index is 6.45. The Kier molecular flexibility index (Phi) is 7.59. The second-order valence-corrected chi connectivity index (χ2v) is 8.95. The number of nitrogens with one attached hydrogen (secondary N) is 1. The molecule has 0 saturated carbocycles. The Balaban J connectivity index is 1.57. The molecular weight excluding hydrogens is 434 g/mol. The molecule has 0 aromatic heterocycles. The first kappa shape index (κ1) is 24.6. The standard InChI is InChI=1S/C30H35N3O2/c1-6-10-22(7-2)18-34-20(4)13-14-23-17-24(19-35-28(23)8-3)30-32-21(5)25-11-9-12-26-27(31)15-16-33(30)29(25)26/h6-14,17,20,27,30,32H,1-3,5,15-16,18-19,31H2,4H3/b14-13-,22-10+. The van der Waals surface area contributed by atoms with Crippen molar-refractivity contribution in [2.45, 2.75) is 31.7 Å². The average Bonchev–Trinajstić information content (AvgIpc) is 2.88. The molecule has 0 fully saturated rings. The highest BCUT2D eigenvalue weighted by molar-refractivity contribution is 5.82. The fourth-order valence-corrected chi connectivity index (χ4v) is 4.71. The third kappa shape index (κ3) is 5.11. The van der Waals surface area contributed by atoms with Gasteiger partial charge in [0.15, 0.2) is 0 Å². The Morgan fingerprint density at radius 1 is 1.34 bits per heavy atom. The highest BCUT2D eigenvalue weighted by Gasteiger charge is 2.36. The van der Waals surface area contributed by atoms with Crippen LogP contribution in [-0.2, 0) is 9.47 Å². The Morgan fingerprint density at radius 3 is 2.91 bits per heavy atom. The maximum absolute atomic E-state index is 6.45. The number of rotatable bonds is 9. The minimum atomic E-state index is -0.0916. The van der Waals surface area contributed by atoms with Gasteiger partial charge >= 0.3 is 0 Å². The van der Waals surface area contributed by atoms with Crippen LogP contribution in [0.25, 0.3) is 5.70 Å². The van der Waals surface area contributed by atoms with Crippen LogP contribution in [-0.4, -0.2) is 32.0 Å². The van der Waals surface area contributed by atoms with Crippen molar-refractivity contribution in [3.05, 3.63) is 121 Å². The van der Waals surface area contributed by atoms with Crippen LogP contribution < -0.4 is 16.0 Å². The average molecular weight is 470 g/mol. The molecule has 3 N–H and O–H groups in total. The summed E-state index contributed by atoms with van der Waals surface area (Å²) in [4.78, 5) is 2.40. The molecule has 0 saturated heterocycles. The molecule has 182 valence electrons. The van der Waals surface area contributed by atoms with Crippen molar-refractivity contribution >= 4 is 11.4 Å². The van der Waals surface area contributed by atoms with Crippen LogP contribution >= 0.6 is 0 Å². The SMILES string of the molecule is C=C/C=C(\C=C)COC(C)/C=C\C1=C(C=C)OCC(C2NC(=C)c3cccc4c3N2CCC4N)=C1. The van der Waals surface area contributed by atoms with Crippen molar-refractivity contribution in [1.29, 1.82) is 0 Å². The van der Waals surface area contributed by atoms with Gasteiger partial charge in [0.1, 0.15) is 18.5 Å². The Bertz CT molecular complexity index is 1150. The lowest BCUT2D eigenvalue weighted by Crippen LogP contribution is -2.53. The molecule has 0 amide bonds. The summed E-state index contributed by atoms with van der Waals surface area (Å²) in [5, 5.41) is 3.61. The largest absolute Gasteiger partial charge is 0.488 e. The van der Waals surface area contributed by atoms with Gasteiger partial charge in [0, 0.05) is 35.0 Å². The number of nitrogens with two attached hydrogens (primary N) is 1. The van der Waals surface area contributed by atoms with Gasteiger partial charge in [-0.25, -0.2) is 0 Å². The molecule has 5 heteroatoms. The van der Waals surface area contributed by atoms with Crippen molar-refractivity contribution in [2.75, 3.05) is 24.7 Å². The van der Waals surface area contributed by atoms with E-state index in [2.05, 4.69) is 60.8 Å². The summed E-state index contributed by atoms with van der Waals surface area (Å²) >= 11 is 0. The first-order valence-electron chi connectivity index (χ1n) is 12.0.